The van der Waals surface area contributed by atoms with Gasteiger partial charge in [0.25, 0.3) is 0 Å². The predicted octanol–water partition coefficient (Wildman–Crippen LogP) is 4.39. The van der Waals surface area contributed by atoms with Crippen LogP contribution in [-0.4, -0.2) is 12.1 Å². The van der Waals surface area contributed by atoms with Gasteiger partial charge in [0, 0.05) is 16.3 Å². The number of aromatic nitrogens is 1. The summed E-state index contributed by atoms with van der Waals surface area (Å²) in [4.78, 5) is 4.37. The quantitative estimate of drug-likeness (QED) is 0.693. The number of thiazole rings is 1. The lowest BCUT2D eigenvalue weighted by Crippen LogP contribution is -1.87. The number of benzene rings is 2. The molecule has 3 rings (SSSR count). The fourth-order valence-corrected chi connectivity index (χ4v) is 2.57. The highest BCUT2D eigenvalue weighted by Gasteiger charge is 2.08. The third kappa shape index (κ3) is 2.07. The summed E-state index contributed by atoms with van der Waals surface area (Å²) in [5.74, 6) is 0.902. The van der Waals surface area contributed by atoms with Crippen molar-refractivity contribution in [3.63, 3.8) is 0 Å². The van der Waals surface area contributed by atoms with Crippen LogP contribution in [0.5, 0.6) is 5.75 Å². The Bertz CT molecular complexity index is 652. The van der Waals surface area contributed by atoms with E-state index < -0.39 is 0 Å². The van der Waals surface area contributed by atoms with E-state index in [0.717, 1.165) is 22.4 Å². The topological polar surface area (TPSA) is 22.1 Å². The van der Waals surface area contributed by atoms with Gasteiger partial charge in [0.15, 0.2) is 0 Å². The number of rotatable bonds is 2. The van der Waals surface area contributed by atoms with Crippen LogP contribution in [0.15, 0.2) is 47.3 Å². The van der Waals surface area contributed by atoms with Crippen LogP contribution in [-0.2, 0) is 0 Å². The molecule has 0 aliphatic carbocycles. The molecule has 0 spiro atoms. The minimum atomic E-state index is 0. The first-order chi connectivity index (χ1) is 8.40. The van der Waals surface area contributed by atoms with Gasteiger partial charge in [-0.15, -0.1) is 23.7 Å². The second-order valence-corrected chi connectivity index (χ2v) is 4.45. The molecule has 3 aromatic rings. The number of halogens is 1. The van der Waals surface area contributed by atoms with Crippen molar-refractivity contribution in [1.29, 1.82) is 0 Å². The van der Waals surface area contributed by atoms with Crippen LogP contribution in [0.4, 0.5) is 0 Å². The highest BCUT2D eigenvalue weighted by molar-refractivity contribution is 7.07. The van der Waals surface area contributed by atoms with E-state index in [1.54, 1.807) is 18.4 Å². The van der Waals surface area contributed by atoms with E-state index in [4.69, 9.17) is 4.74 Å². The van der Waals surface area contributed by atoms with Crippen LogP contribution in [0.1, 0.15) is 0 Å². The summed E-state index contributed by atoms with van der Waals surface area (Å²) in [6.07, 6.45) is 0. The number of hydrogen-bond acceptors (Lipinski definition) is 3. The molecule has 2 aromatic carbocycles. The molecule has 1 heterocycles. The van der Waals surface area contributed by atoms with E-state index in [2.05, 4.69) is 28.6 Å². The van der Waals surface area contributed by atoms with Crippen LogP contribution in [0, 0.1) is 0 Å². The van der Waals surface area contributed by atoms with Crippen LogP contribution in [0.2, 0.25) is 0 Å². The zero-order valence-electron chi connectivity index (χ0n) is 9.79. The van der Waals surface area contributed by atoms with Crippen molar-refractivity contribution in [3.8, 4) is 17.0 Å². The molecule has 92 valence electrons. The third-order valence-electron chi connectivity index (χ3n) is 2.81. The van der Waals surface area contributed by atoms with Crippen molar-refractivity contribution in [3.05, 3.63) is 47.3 Å². The monoisotopic (exact) mass is 277 g/mol. The second kappa shape index (κ2) is 5.38. The molecule has 0 saturated heterocycles. The molecular formula is C14H12ClNOS. The van der Waals surface area contributed by atoms with Gasteiger partial charge in [0.1, 0.15) is 5.75 Å². The van der Waals surface area contributed by atoms with Gasteiger partial charge in [0.05, 0.1) is 18.3 Å². The van der Waals surface area contributed by atoms with Gasteiger partial charge in [-0.1, -0.05) is 24.3 Å². The fraction of sp³-hybridized carbons (Fsp3) is 0.0714. The molecule has 0 fully saturated rings. The fourth-order valence-electron chi connectivity index (χ4n) is 2.02. The Kier molecular flexibility index (Phi) is 3.84. The van der Waals surface area contributed by atoms with Gasteiger partial charge in [0.2, 0.25) is 0 Å². The standard InChI is InChI=1S/C14H11NOS.ClH/c1-16-14-7-6-11(13-8-17-9-15-13)10-4-2-3-5-12(10)14;/h2-9H,1H3;1H. The maximum atomic E-state index is 5.38. The Balaban J connectivity index is 0.00000120. The number of ether oxygens (including phenoxy) is 1. The third-order valence-corrected chi connectivity index (χ3v) is 3.40. The van der Waals surface area contributed by atoms with Crippen LogP contribution in [0.25, 0.3) is 22.0 Å². The summed E-state index contributed by atoms with van der Waals surface area (Å²) < 4.78 is 5.38. The van der Waals surface area contributed by atoms with E-state index >= 15 is 0 Å². The molecule has 0 radical (unpaired) electrons. The van der Waals surface area contributed by atoms with Crippen molar-refractivity contribution >= 4 is 34.5 Å². The van der Waals surface area contributed by atoms with Crippen LogP contribution in [0.3, 0.4) is 0 Å². The molecule has 0 bridgehead atoms. The Morgan fingerprint density at radius 2 is 1.83 bits per heavy atom. The lowest BCUT2D eigenvalue weighted by molar-refractivity contribution is 0.420. The minimum Gasteiger partial charge on any atom is -0.496 e. The number of fused-ring (bicyclic) bond motifs is 1. The van der Waals surface area contributed by atoms with E-state index in [-0.39, 0.29) is 12.4 Å². The van der Waals surface area contributed by atoms with E-state index in [9.17, 15) is 0 Å². The van der Waals surface area contributed by atoms with Gasteiger partial charge >= 0.3 is 0 Å². The zero-order chi connectivity index (χ0) is 11.7. The van der Waals surface area contributed by atoms with E-state index in [1.807, 2.05) is 23.7 Å². The van der Waals surface area contributed by atoms with Gasteiger partial charge < -0.3 is 4.74 Å². The summed E-state index contributed by atoms with van der Waals surface area (Å²) in [7, 11) is 1.70. The van der Waals surface area contributed by atoms with Gasteiger partial charge in [-0.25, -0.2) is 4.98 Å². The van der Waals surface area contributed by atoms with Crippen molar-refractivity contribution in [2.75, 3.05) is 7.11 Å². The van der Waals surface area contributed by atoms with Crippen molar-refractivity contribution < 1.29 is 4.74 Å². The molecule has 0 saturated carbocycles. The smallest absolute Gasteiger partial charge is 0.126 e. The molecule has 1 aromatic heterocycles. The lowest BCUT2D eigenvalue weighted by atomic mass is 10.0. The summed E-state index contributed by atoms with van der Waals surface area (Å²) in [6, 6.07) is 12.3. The van der Waals surface area contributed by atoms with E-state index in [1.165, 1.54) is 5.39 Å². The summed E-state index contributed by atoms with van der Waals surface area (Å²) in [5, 5.41) is 4.37. The minimum absolute atomic E-state index is 0. The van der Waals surface area contributed by atoms with Crippen molar-refractivity contribution in [2.24, 2.45) is 0 Å². The summed E-state index contributed by atoms with van der Waals surface area (Å²) in [5.41, 5.74) is 4.03. The molecule has 0 aliphatic heterocycles. The lowest BCUT2D eigenvalue weighted by Gasteiger charge is -2.08. The average Bonchev–Trinajstić information content (AvgIpc) is 2.91. The highest BCUT2D eigenvalue weighted by atomic mass is 35.5. The Morgan fingerprint density at radius 3 is 2.50 bits per heavy atom. The van der Waals surface area contributed by atoms with E-state index in [0.29, 0.717) is 0 Å². The average molecular weight is 278 g/mol. The van der Waals surface area contributed by atoms with Crippen molar-refractivity contribution in [2.45, 2.75) is 0 Å². The Morgan fingerprint density at radius 1 is 1.06 bits per heavy atom. The highest BCUT2D eigenvalue weighted by Crippen LogP contribution is 2.33. The Hall–Kier alpha value is -1.58. The number of nitrogens with zero attached hydrogens (tertiary/aromatic N) is 1. The van der Waals surface area contributed by atoms with Crippen LogP contribution < -0.4 is 4.74 Å². The molecule has 18 heavy (non-hydrogen) atoms. The first-order valence-electron chi connectivity index (χ1n) is 5.34. The molecule has 0 aliphatic rings. The second-order valence-electron chi connectivity index (χ2n) is 3.73. The maximum absolute atomic E-state index is 5.38. The molecule has 2 nitrogen and oxygen atoms in total. The molecule has 4 heteroatoms. The largest absolute Gasteiger partial charge is 0.496 e. The maximum Gasteiger partial charge on any atom is 0.126 e. The predicted molar refractivity (Wildman–Crippen MR) is 78.9 cm³/mol. The van der Waals surface area contributed by atoms with Crippen molar-refractivity contribution in [1.82, 2.24) is 4.98 Å². The summed E-state index contributed by atoms with van der Waals surface area (Å²) in [6.45, 7) is 0. The first kappa shape index (κ1) is 12.9. The Labute approximate surface area is 116 Å². The molecule has 0 N–H and O–H groups in total. The first-order valence-corrected chi connectivity index (χ1v) is 6.29. The molecular weight excluding hydrogens is 266 g/mol. The van der Waals surface area contributed by atoms with Crippen LogP contribution >= 0.6 is 23.7 Å². The van der Waals surface area contributed by atoms with Gasteiger partial charge in [-0.2, -0.15) is 0 Å². The number of hydrogen-bond donors (Lipinski definition) is 0. The number of methoxy groups -OCH3 is 1. The zero-order valence-corrected chi connectivity index (χ0v) is 11.4. The SMILES string of the molecule is COc1ccc(-c2cscn2)c2ccccc12.Cl. The van der Waals surface area contributed by atoms with Gasteiger partial charge in [-0.05, 0) is 17.5 Å². The molecule has 0 atom stereocenters. The molecule has 0 unspecified atom stereocenters. The normalized spacial score (nSPS) is 10.1. The van der Waals surface area contributed by atoms with Gasteiger partial charge in [-0.3, -0.25) is 0 Å². The summed E-state index contributed by atoms with van der Waals surface area (Å²) >= 11 is 1.61. The molecule has 0 amide bonds.